The van der Waals surface area contributed by atoms with Crippen LogP contribution in [0, 0.1) is 13.8 Å². The van der Waals surface area contributed by atoms with Gasteiger partial charge in [0.1, 0.15) is 21.0 Å². The number of aromatic nitrogens is 4. The summed E-state index contributed by atoms with van der Waals surface area (Å²) in [5.41, 5.74) is 8.96. The highest BCUT2D eigenvalue weighted by molar-refractivity contribution is 7.21. The van der Waals surface area contributed by atoms with Gasteiger partial charge in [-0.25, -0.2) is 14.5 Å². The molecule has 0 aliphatic heterocycles. The van der Waals surface area contributed by atoms with E-state index in [1.807, 2.05) is 38.1 Å². The van der Waals surface area contributed by atoms with Gasteiger partial charge in [0.05, 0.1) is 17.6 Å². The van der Waals surface area contributed by atoms with Gasteiger partial charge in [-0.15, -0.1) is 11.3 Å². The van der Waals surface area contributed by atoms with E-state index in [0.29, 0.717) is 22.6 Å². The fraction of sp³-hybridized carbons (Fsp3) is 0.100. The first-order chi connectivity index (χ1) is 20.0. The number of hydrogen-bond acceptors (Lipinski definition) is 6. The second-order valence-corrected chi connectivity index (χ2v) is 10.7. The molecule has 0 aliphatic rings. The van der Waals surface area contributed by atoms with Crippen molar-refractivity contribution in [3.63, 3.8) is 0 Å². The zero-order valence-corrected chi connectivity index (χ0v) is 23.0. The zero-order chi connectivity index (χ0) is 29.8. The second kappa shape index (κ2) is 10.1. The molecule has 0 bridgehead atoms. The first-order valence-electron chi connectivity index (χ1n) is 12.6. The number of nitrogens with two attached hydrogens (primary N) is 1. The minimum absolute atomic E-state index is 0.0293. The largest absolute Gasteiger partial charge is 0.433 e. The van der Waals surface area contributed by atoms with Crippen LogP contribution in [0.25, 0.3) is 38.2 Å². The number of thiophene rings is 1. The van der Waals surface area contributed by atoms with Crippen LogP contribution in [0.3, 0.4) is 0 Å². The van der Waals surface area contributed by atoms with Crippen LogP contribution >= 0.6 is 11.3 Å². The minimum Gasteiger partial charge on any atom is -0.365 e. The summed E-state index contributed by atoms with van der Waals surface area (Å²) >= 11 is 0.681. The van der Waals surface area contributed by atoms with Crippen molar-refractivity contribution < 1.29 is 22.8 Å². The van der Waals surface area contributed by atoms with E-state index in [1.165, 1.54) is 10.7 Å². The van der Waals surface area contributed by atoms with E-state index in [1.54, 1.807) is 36.5 Å². The molecule has 0 atom stereocenters. The third kappa shape index (κ3) is 4.75. The first kappa shape index (κ1) is 27.1. The van der Waals surface area contributed by atoms with Crippen LogP contribution in [-0.2, 0) is 6.18 Å². The molecule has 12 heteroatoms. The standard InChI is InChI=1S/C30H21F3N6O2S/c1-15-3-7-17(8-4-15)19-13-22(30(31,32)33)37-29-23(19)24(25(42-29)26(34)40)38-28(41)20-14-36-39-21(11-12-35-27(20)39)18-9-5-16(2)6-10-18/h3-14H,1-2H3,(H2,34,40)(H,38,41). The van der Waals surface area contributed by atoms with Gasteiger partial charge in [-0.1, -0.05) is 59.7 Å². The van der Waals surface area contributed by atoms with Crippen LogP contribution in [0.15, 0.2) is 73.1 Å². The number of nitrogens with one attached hydrogen (secondary N) is 1. The highest BCUT2D eigenvalue weighted by Gasteiger charge is 2.35. The summed E-state index contributed by atoms with van der Waals surface area (Å²) in [6.45, 7) is 3.82. The molecule has 6 rings (SSSR count). The molecule has 0 radical (unpaired) electrons. The molecule has 8 nitrogen and oxygen atoms in total. The van der Waals surface area contributed by atoms with Crippen molar-refractivity contribution in [2.45, 2.75) is 20.0 Å². The minimum atomic E-state index is -4.74. The maximum atomic E-state index is 13.8. The molecule has 4 aromatic heterocycles. The predicted octanol–water partition coefficient (Wildman–Crippen LogP) is 6.66. The normalized spacial score (nSPS) is 11.7. The van der Waals surface area contributed by atoms with E-state index in [-0.39, 0.29) is 37.6 Å². The molecule has 0 fully saturated rings. The summed E-state index contributed by atoms with van der Waals surface area (Å²) < 4.78 is 43.0. The van der Waals surface area contributed by atoms with Crippen LogP contribution in [0.4, 0.5) is 18.9 Å². The van der Waals surface area contributed by atoms with Gasteiger partial charge in [-0.3, -0.25) is 9.59 Å². The molecule has 42 heavy (non-hydrogen) atoms. The van der Waals surface area contributed by atoms with Crippen LogP contribution < -0.4 is 11.1 Å². The number of rotatable bonds is 5. The summed E-state index contributed by atoms with van der Waals surface area (Å²) in [5.74, 6) is -1.59. The van der Waals surface area contributed by atoms with Crippen molar-refractivity contribution in [2.24, 2.45) is 5.73 Å². The van der Waals surface area contributed by atoms with Gasteiger partial charge in [0, 0.05) is 17.1 Å². The Balaban J connectivity index is 1.50. The van der Waals surface area contributed by atoms with E-state index in [2.05, 4.69) is 20.4 Å². The Hall–Kier alpha value is -5.10. The number of halogens is 3. The van der Waals surface area contributed by atoms with Crippen molar-refractivity contribution in [1.29, 1.82) is 0 Å². The van der Waals surface area contributed by atoms with Crippen LogP contribution in [0.2, 0.25) is 0 Å². The Morgan fingerprint density at radius 1 is 0.952 bits per heavy atom. The Morgan fingerprint density at radius 2 is 1.60 bits per heavy atom. The number of carbonyl (C=O) groups is 2. The molecule has 2 aromatic carbocycles. The Morgan fingerprint density at radius 3 is 2.21 bits per heavy atom. The van der Waals surface area contributed by atoms with Crippen molar-refractivity contribution in [3.05, 3.63) is 100 Å². The summed E-state index contributed by atoms with van der Waals surface area (Å²) in [4.78, 5) is 34.0. The van der Waals surface area contributed by atoms with E-state index in [9.17, 15) is 22.8 Å². The average Bonchev–Trinajstić information content (AvgIpc) is 3.55. The molecule has 0 unspecified atom stereocenters. The third-order valence-corrected chi connectivity index (χ3v) is 7.87. The lowest BCUT2D eigenvalue weighted by Gasteiger charge is -2.12. The van der Waals surface area contributed by atoms with Gasteiger partial charge in [-0.2, -0.15) is 18.3 Å². The van der Waals surface area contributed by atoms with Crippen molar-refractivity contribution >= 4 is 44.7 Å². The van der Waals surface area contributed by atoms with Gasteiger partial charge < -0.3 is 11.1 Å². The smallest absolute Gasteiger partial charge is 0.365 e. The topological polar surface area (TPSA) is 115 Å². The summed E-state index contributed by atoms with van der Waals surface area (Å²) in [6.07, 6.45) is -1.85. The zero-order valence-electron chi connectivity index (χ0n) is 22.2. The lowest BCUT2D eigenvalue weighted by molar-refractivity contribution is -0.140. The molecule has 0 saturated carbocycles. The number of alkyl halides is 3. The quantitative estimate of drug-likeness (QED) is 0.234. The highest BCUT2D eigenvalue weighted by atomic mass is 32.1. The van der Waals surface area contributed by atoms with E-state index in [4.69, 9.17) is 5.73 Å². The molecule has 0 aliphatic carbocycles. The molecule has 2 amide bonds. The fourth-order valence-electron chi connectivity index (χ4n) is 4.67. The second-order valence-electron chi connectivity index (χ2n) is 9.71. The monoisotopic (exact) mass is 586 g/mol. The Bertz CT molecular complexity index is 2010. The number of amides is 2. The number of fused-ring (bicyclic) bond motifs is 2. The molecular weight excluding hydrogens is 565 g/mol. The van der Waals surface area contributed by atoms with Gasteiger partial charge in [0.15, 0.2) is 5.65 Å². The summed E-state index contributed by atoms with van der Waals surface area (Å²) in [5, 5.41) is 7.25. The SMILES string of the molecule is Cc1ccc(-c2cc(C(F)(F)F)nc3sc(C(N)=O)c(NC(=O)c4cnn5c(-c6ccc(C)cc6)ccnc45)c23)cc1. The maximum absolute atomic E-state index is 13.8. The number of anilines is 1. The number of benzene rings is 2. The molecule has 3 N–H and O–H groups in total. The van der Waals surface area contributed by atoms with Crippen molar-refractivity contribution in [1.82, 2.24) is 19.6 Å². The van der Waals surface area contributed by atoms with Crippen molar-refractivity contribution in [2.75, 3.05) is 5.32 Å². The number of aryl methyl sites for hydroxylation is 2. The summed E-state index contributed by atoms with van der Waals surface area (Å²) in [7, 11) is 0. The van der Waals surface area contributed by atoms with Crippen LogP contribution in [0.5, 0.6) is 0 Å². The third-order valence-electron chi connectivity index (χ3n) is 6.77. The molecule has 0 saturated heterocycles. The fourth-order valence-corrected chi connectivity index (χ4v) is 5.68. The molecule has 0 spiro atoms. The Labute approximate surface area is 240 Å². The van der Waals surface area contributed by atoms with Crippen molar-refractivity contribution in [3.8, 4) is 22.4 Å². The summed E-state index contributed by atoms with van der Waals surface area (Å²) in [6, 6.07) is 17.3. The van der Waals surface area contributed by atoms with Crippen LogP contribution in [-0.4, -0.2) is 31.4 Å². The average molecular weight is 587 g/mol. The number of primary amides is 1. The highest BCUT2D eigenvalue weighted by Crippen LogP contribution is 2.44. The Kier molecular flexibility index (Phi) is 6.49. The van der Waals surface area contributed by atoms with E-state index < -0.39 is 23.7 Å². The van der Waals surface area contributed by atoms with E-state index in [0.717, 1.165) is 22.8 Å². The molecule has 210 valence electrons. The van der Waals surface area contributed by atoms with Gasteiger partial charge in [0.2, 0.25) is 0 Å². The molecular formula is C30H21F3N6O2S. The van der Waals surface area contributed by atoms with Gasteiger partial charge in [-0.05, 0) is 37.1 Å². The lowest BCUT2D eigenvalue weighted by atomic mass is 10.00. The lowest BCUT2D eigenvalue weighted by Crippen LogP contribution is -2.17. The maximum Gasteiger partial charge on any atom is 0.433 e. The molecule has 6 aromatic rings. The first-order valence-corrected chi connectivity index (χ1v) is 13.5. The molecule has 4 heterocycles. The van der Waals surface area contributed by atoms with Crippen LogP contribution in [0.1, 0.15) is 36.9 Å². The number of carbonyl (C=O) groups excluding carboxylic acids is 2. The number of nitrogens with zero attached hydrogens (tertiary/aromatic N) is 4. The van der Waals surface area contributed by atoms with E-state index >= 15 is 0 Å². The van der Waals surface area contributed by atoms with Gasteiger partial charge >= 0.3 is 6.18 Å². The number of hydrogen-bond donors (Lipinski definition) is 2. The predicted molar refractivity (Wildman–Crippen MR) is 154 cm³/mol. The van der Waals surface area contributed by atoms with Gasteiger partial charge in [0.25, 0.3) is 11.8 Å². The number of pyridine rings is 1.